The maximum Gasteiger partial charge on any atom is 0.255 e. The van der Waals surface area contributed by atoms with Crippen LogP contribution in [0.4, 0.5) is 40.3 Å². The fraction of sp³-hybridized carbons (Fsp3) is 0.216. The third kappa shape index (κ3) is 21.4. The molecule has 0 aliphatic carbocycles. The Bertz CT molecular complexity index is 5240. The fourth-order valence-electron chi connectivity index (χ4n) is 13.4. The van der Waals surface area contributed by atoms with E-state index in [1.165, 1.54) is 38.2 Å². The molecule has 116 heavy (non-hydrogen) atoms. The van der Waals surface area contributed by atoms with Gasteiger partial charge in [-0.25, -0.2) is 39.9 Å². The highest BCUT2D eigenvalue weighted by atomic mass is 79.9. The van der Waals surface area contributed by atoms with Crippen molar-refractivity contribution in [1.82, 2.24) is 65.2 Å². The van der Waals surface area contributed by atoms with Crippen LogP contribution in [0.3, 0.4) is 0 Å². The molecule has 0 bridgehead atoms. The van der Waals surface area contributed by atoms with Crippen molar-refractivity contribution >= 4 is 102 Å². The van der Waals surface area contributed by atoms with E-state index in [0.717, 1.165) is 146 Å². The first-order chi connectivity index (χ1) is 56.3. The van der Waals surface area contributed by atoms with E-state index >= 15 is 0 Å². The SMILES string of the molecule is C1CCOC1.CC1NC(=O)c2ccc(Nc3ccncn3)cc21.CC1NC(=O)c2ccc(Nc3ccncn3)cc21.COc1ccc(CN2C(=O)c3ccc(Br)cc3C2C)cc1.COc1ccc(CN2C(=O)c3ccc(Nc4ccncn4)cc3C2C)cc1.COc1ccc(CN2Cc3cc(Br)ccc3C2=O)cc1.Nc1ccncn1. The van der Waals surface area contributed by atoms with Gasteiger partial charge in [-0.05, 0) is 237 Å². The molecule has 0 radical (unpaired) electrons. The Balaban J connectivity index is 0.000000130. The van der Waals surface area contributed by atoms with Gasteiger partial charge in [0.05, 0.1) is 45.5 Å². The molecule has 4 aromatic heterocycles. The fourth-order valence-corrected chi connectivity index (χ4v) is 14.2. The maximum absolute atomic E-state index is 12.9. The van der Waals surface area contributed by atoms with E-state index < -0.39 is 0 Å². The number of hydrogen-bond donors (Lipinski definition) is 6. The number of rotatable bonds is 15. The van der Waals surface area contributed by atoms with Gasteiger partial charge in [0.25, 0.3) is 29.5 Å². The van der Waals surface area contributed by atoms with Gasteiger partial charge in [-0.1, -0.05) is 68.3 Å². The molecule has 6 aliphatic heterocycles. The lowest BCUT2D eigenvalue weighted by molar-refractivity contribution is 0.0715. The molecule has 10 heterocycles. The maximum atomic E-state index is 12.9. The van der Waals surface area contributed by atoms with Crippen molar-refractivity contribution in [2.75, 3.05) is 56.2 Å². The molecular weight excluding hydrogens is 1600 g/mol. The summed E-state index contributed by atoms with van der Waals surface area (Å²) < 4.78 is 22.5. The van der Waals surface area contributed by atoms with Gasteiger partial charge in [0.15, 0.2) is 0 Å². The second-order valence-corrected chi connectivity index (χ2v) is 29.2. The molecule has 592 valence electrons. The minimum Gasteiger partial charge on any atom is -0.497 e. The predicted molar refractivity (Wildman–Crippen MR) is 451 cm³/mol. The van der Waals surface area contributed by atoms with Gasteiger partial charge < -0.3 is 66.0 Å². The van der Waals surface area contributed by atoms with Crippen molar-refractivity contribution in [2.45, 2.75) is 90.9 Å². The molecule has 28 heteroatoms. The number of fused-ring (bicyclic) bond motifs is 5. The molecule has 18 rings (SSSR count). The number of amides is 5. The summed E-state index contributed by atoms with van der Waals surface area (Å²) in [6, 6.07) is 59.5. The average Bonchev–Trinajstić information content (AvgIpc) is 1.77. The molecule has 0 saturated carbocycles. The number of anilines is 7. The minimum atomic E-state index is -0.00825. The van der Waals surface area contributed by atoms with E-state index in [2.05, 4.69) is 112 Å². The third-order valence-electron chi connectivity index (χ3n) is 19.6. The van der Waals surface area contributed by atoms with Crippen LogP contribution in [0, 0.1) is 0 Å². The van der Waals surface area contributed by atoms with E-state index in [4.69, 9.17) is 24.7 Å². The summed E-state index contributed by atoms with van der Waals surface area (Å²) in [5, 5.41) is 15.4. The molecular formula is C88H87Br2N17O9. The van der Waals surface area contributed by atoms with Gasteiger partial charge in [0, 0.05) is 118 Å². The lowest BCUT2D eigenvalue weighted by Crippen LogP contribution is -2.26. The van der Waals surface area contributed by atoms with Gasteiger partial charge in [-0.2, -0.15) is 0 Å². The number of methoxy groups -OCH3 is 3. The molecule has 5 amide bonds. The van der Waals surface area contributed by atoms with Crippen molar-refractivity contribution in [3.05, 3.63) is 319 Å². The van der Waals surface area contributed by atoms with Crippen molar-refractivity contribution in [3.63, 3.8) is 0 Å². The minimum absolute atomic E-state index is 0.00162. The van der Waals surface area contributed by atoms with Gasteiger partial charge in [0.2, 0.25) is 0 Å². The summed E-state index contributed by atoms with van der Waals surface area (Å²) in [5.74, 6) is 5.39. The van der Waals surface area contributed by atoms with E-state index in [-0.39, 0.29) is 53.7 Å². The molecule has 26 nitrogen and oxygen atoms in total. The Hall–Kier alpha value is -13.1. The molecule has 1 fully saturated rings. The first kappa shape index (κ1) is 82.4. The van der Waals surface area contributed by atoms with E-state index in [1.54, 1.807) is 70.4 Å². The molecule has 8 aromatic carbocycles. The predicted octanol–water partition coefficient (Wildman–Crippen LogP) is 16.6. The molecule has 4 unspecified atom stereocenters. The molecule has 4 atom stereocenters. The van der Waals surface area contributed by atoms with Crippen LogP contribution in [0.5, 0.6) is 17.2 Å². The zero-order chi connectivity index (χ0) is 81.6. The van der Waals surface area contributed by atoms with E-state index in [1.807, 2.05) is 192 Å². The van der Waals surface area contributed by atoms with Gasteiger partial charge in [0.1, 0.15) is 65.8 Å². The van der Waals surface area contributed by atoms with Crippen molar-refractivity contribution in [1.29, 1.82) is 0 Å². The standard InChI is InChI=1S/C21H20N4O2.C17H16BrNO2.C16H14BrNO2.2C13H12N4O.C4H5N3.C4H8O/c1-14-19-11-16(24-20-9-10-22-13-23-20)5-8-18(19)21(26)25(14)12-15-3-6-17(27-2)7-4-15;1-11-16-9-13(18)5-8-15(16)17(20)19(11)10-12-3-6-14(21-2)7-4-12;1-20-14-5-2-11(3-6-14)9-18-10-12-8-13(17)4-7-15(12)16(18)19;2*1-8-11-6-9(2-3-10(11)13(18)16-8)17-12-4-5-14-7-15-12;5-4-1-2-6-3-7-4;1-2-4-5-3-1/h3-11,13-14H,12H2,1-2H3,(H,22,23,24);3-9,11H,10H2,1-2H3;2-8H,9-10H2,1H3;2*2-8H,1H3,(H,16,18)(H,14,15,17);1-3H,(H2,5,6,7);1-4H2. The summed E-state index contributed by atoms with van der Waals surface area (Å²) >= 11 is 6.91. The highest BCUT2D eigenvalue weighted by Crippen LogP contribution is 2.39. The molecule has 12 aromatic rings. The van der Waals surface area contributed by atoms with Crippen molar-refractivity contribution in [3.8, 4) is 17.2 Å². The van der Waals surface area contributed by atoms with Crippen LogP contribution in [0.2, 0.25) is 0 Å². The van der Waals surface area contributed by atoms with Crippen molar-refractivity contribution < 1.29 is 42.9 Å². The molecule has 7 N–H and O–H groups in total. The lowest BCUT2D eigenvalue weighted by Gasteiger charge is -2.22. The van der Waals surface area contributed by atoms with E-state index in [9.17, 15) is 24.0 Å². The Morgan fingerprint density at radius 1 is 0.422 bits per heavy atom. The molecule has 0 spiro atoms. The monoisotopic (exact) mass is 1680 g/mol. The lowest BCUT2D eigenvalue weighted by atomic mass is 10.0. The Labute approximate surface area is 689 Å². The number of aromatic nitrogens is 8. The summed E-state index contributed by atoms with van der Waals surface area (Å²) in [6.45, 7) is 12.5. The zero-order valence-electron chi connectivity index (χ0n) is 64.9. The van der Waals surface area contributed by atoms with E-state index in [0.29, 0.717) is 32.0 Å². The largest absolute Gasteiger partial charge is 0.497 e. The summed E-state index contributed by atoms with van der Waals surface area (Å²) in [7, 11) is 4.94. The second-order valence-electron chi connectivity index (χ2n) is 27.4. The number of carbonyl (C=O) groups is 5. The Kier molecular flexibility index (Phi) is 28.1. The summed E-state index contributed by atoms with van der Waals surface area (Å²) in [6.07, 6.45) is 15.1. The highest BCUT2D eigenvalue weighted by Gasteiger charge is 2.36. The van der Waals surface area contributed by atoms with Crippen LogP contribution in [0.15, 0.2) is 247 Å². The number of nitrogens with two attached hydrogens (primary N) is 1. The highest BCUT2D eigenvalue weighted by molar-refractivity contribution is 9.10. The molecule has 6 aliphatic rings. The normalized spacial score (nSPS) is 15.9. The number of carbonyl (C=O) groups excluding carboxylic acids is 5. The van der Waals surface area contributed by atoms with Crippen LogP contribution in [0.25, 0.3) is 0 Å². The number of nitrogens with one attached hydrogen (secondary N) is 5. The van der Waals surface area contributed by atoms with Crippen LogP contribution in [-0.4, -0.2) is 119 Å². The number of halogens is 2. The Morgan fingerprint density at radius 3 is 1.16 bits per heavy atom. The van der Waals surface area contributed by atoms with Crippen molar-refractivity contribution in [2.24, 2.45) is 0 Å². The van der Waals surface area contributed by atoms with Crippen LogP contribution >= 0.6 is 31.9 Å². The quantitative estimate of drug-likeness (QED) is 0.0555. The van der Waals surface area contributed by atoms with Gasteiger partial charge >= 0.3 is 0 Å². The third-order valence-corrected chi connectivity index (χ3v) is 20.6. The number of nitrogens with zero attached hydrogens (tertiary/aromatic N) is 11. The average molecular weight is 1690 g/mol. The van der Waals surface area contributed by atoms with Gasteiger partial charge in [-0.3, -0.25) is 24.0 Å². The first-order valence-electron chi connectivity index (χ1n) is 37.4. The van der Waals surface area contributed by atoms with Crippen LogP contribution < -0.4 is 46.5 Å². The first-order valence-corrected chi connectivity index (χ1v) is 39.0. The van der Waals surface area contributed by atoms with Gasteiger partial charge in [-0.15, -0.1) is 0 Å². The summed E-state index contributed by atoms with van der Waals surface area (Å²) in [4.78, 5) is 97.9. The molecule has 1 saturated heterocycles. The van der Waals surface area contributed by atoms with Crippen LogP contribution in [0.1, 0.15) is 161 Å². The number of nitrogen functional groups attached to an aromatic ring is 1. The number of hydrogen-bond acceptors (Lipinski definition) is 21. The summed E-state index contributed by atoms with van der Waals surface area (Å²) in [5.41, 5.74) is 20.3. The van der Waals surface area contributed by atoms with Crippen LogP contribution in [-0.2, 0) is 30.9 Å². The zero-order valence-corrected chi connectivity index (χ0v) is 68.1. The number of ether oxygens (including phenoxy) is 4. The smallest absolute Gasteiger partial charge is 0.255 e. The Morgan fingerprint density at radius 2 is 0.793 bits per heavy atom. The number of benzene rings is 8. The topological polar surface area (TPSA) is 321 Å². The second kappa shape index (κ2) is 39.6.